The van der Waals surface area contributed by atoms with E-state index in [0.29, 0.717) is 6.29 Å². The van der Waals surface area contributed by atoms with Gasteiger partial charge in [0.2, 0.25) is 0 Å². The van der Waals surface area contributed by atoms with Crippen molar-refractivity contribution < 1.29 is 30.0 Å². The number of carbonyl (C=O) groups is 2. The topological polar surface area (TPSA) is 115 Å². The van der Waals surface area contributed by atoms with Crippen molar-refractivity contribution in [2.24, 2.45) is 0 Å². The second-order valence-corrected chi connectivity index (χ2v) is 3.55. The Balaban J connectivity index is 2.89. The molecule has 1 rings (SSSR count). The fourth-order valence-electron chi connectivity index (χ4n) is 1.36. The smallest absolute Gasteiger partial charge is 0.306 e. The standard InChI is InChI=1S/C11H12O6/c12-5-7-2-1-6(3-8(7)13)11(17)9(14)4-10(15)16/h1-3,5,9,11,13-14,17H,4H2,(H,15,16). The molecule has 0 saturated heterocycles. The van der Waals surface area contributed by atoms with Crippen LogP contribution in [0.25, 0.3) is 0 Å². The number of phenolic OH excluding ortho intramolecular Hbond substituents is 1. The van der Waals surface area contributed by atoms with Crippen LogP contribution in [-0.4, -0.2) is 38.8 Å². The van der Waals surface area contributed by atoms with Crippen molar-refractivity contribution in [1.82, 2.24) is 0 Å². The Bertz CT molecular complexity index is 428. The van der Waals surface area contributed by atoms with Crippen molar-refractivity contribution in [2.75, 3.05) is 0 Å². The lowest BCUT2D eigenvalue weighted by Gasteiger charge is -2.16. The lowest BCUT2D eigenvalue weighted by molar-refractivity contribution is -0.141. The Morgan fingerprint density at radius 2 is 2.00 bits per heavy atom. The first-order valence-electron chi connectivity index (χ1n) is 4.81. The summed E-state index contributed by atoms with van der Waals surface area (Å²) >= 11 is 0. The van der Waals surface area contributed by atoms with Gasteiger partial charge >= 0.3 is 5.97 Å². The largest absolute Gasteiger partial charge is 0.507 e. The van der Waals surface area contributed by atoms with Gasteiger partial charge in [0, 0.05) is 0 Å². The average molecular weight is 240 g/mol. The van der Waals surface area contributed by atoms with Gasteiger partial charge in [-0.2, -0.15) is 0 Å². The number of rotatable bonds is 5. The first-order valence-corrected chi connectivity index (χ1v) is 4.81. The molecular weight excluding hydrogens is 228 g/mol. The number of hydrogen-bond donors (Lipinski definition) is 4. The molecule has 0 aliphatic carbocycles. The fraction of sp³-hybridized carbons (Fsp3) is 0.273. The summed E-state index contributed by atoms with van der Waals surface area (Å²) in [7, 11) is 0. The maximum Gasteiger partial charge on any atom is 0.306 e. The normalized spacial score (nSPS) is 14.0. The SMILES string of the molecule is O=Cc1ccc(C(O)C(O)CC(=O)O)cc1O. The Hall–Kier alpha value is -1.92. The van der Waals surface area contributed by atoms with Gasteiger partial charge in [-0.25, -0.2) is 0 Å². The van der Waals surface area contributed by atoms with Crippen LogP contribution in [0.1, 0.15) is 28.4 Å². The van der Waals surface area contributed by atoms with E-state index in [4.69, 9.17) is 5.11 Å². The number of carboxylic acid groups (broad SMARTS) is 1. The molecule has 0 spiro atoms. The van der Waals surface area contributed by atoms with Crippen molar-refractivity contribution in [3.63, 3.8) is 0 Å². The van der Waals surface area contributed by atoms with Gasteiger partial charge in [0.25, 0.3) is 0 Å². The monoisotopic (exact) mass is 240 g/mol. The van der Waals surface area contributed by atoms with Crippen molar-refractivity contribution in [2.45, 2.75) is 18.6 Å². The van der Waals surface area contributed by atoms with E-state index in [2.05, 4.69) is 0 Å². The molecule has 0 heterocycles. The van der Waals surface area contributed by atoms with E-state index < -0.39 is 24.6 Å². The lowest BCUT2D eigenvalue weighted by Crippen LogP contribution is -2.21. The molecular formula is C11H12O6. The van der Waals surface area contributed by atoms with E-state index in [0.717, 1.165) is 6.07 Å². The van der Waals surface area contributed by atoms with Crippen LogP contribution >= 0.6 is 0 Å². The quantitative estimate of drug-likeness (QED) is 0.541. The van der Waals surface area contributed by atoms with Crippen molar-refractivity contribution in [1.29, 1.82) is 0 Å². The summed E-state index contributed by atoms with van der Waals surface area (Å²) in [6, 6.07) is 3.72. The minimum absolute atomic E-state index is 0.0497. The summed E-state index contributed by atoms with van der Waals surface area (Å²) in [4.78, 5) is 20.8. The molecule has 0 aromatic heterocycles. The molecule has 1 aromatic carbocycles. The van der Waals surface area contributed by atoms with Crippen molar-refractivity contribution in [3.8, 4) is 5.75 Å². The van der Waals surface area contributed by atoms with Gasteiger partial charge in [-0.3, -0.25) is 9.59 Å². The number of aromatic hydroxyl groups is 1. The predicted molar refractivity (Wildman–Crippen MR) is 56.7 cm³/mol. The van der Waals surface area contributed by atoms with Gasteiger partial charge in [-0.05, 0) is 17.7 Å². The molecule has 4 N–H and O–H groups in total. The van der Waals surface area contributed by atoms with Gasteiger partial charge in [0.05, 0.1) is 18.1 Å². The maximum absolute atomic E-state index is 10.4. The highest BCUT2D eigenvalue weighted by molar-refractivity contribution is 5.79. The van der Waals surface area contributed by atoms with E-state index in [1.165, 1.54) is 12.1 Å². The molecule has 0 bridgehead atoms. The average Bonchev–Trinajstić information content (AvgIpc) is 2.27. The van der Waals surface area contributed by atoms with E-state index in [-0.39, 0.29) is 16.9 Å². The molecule has 0 radical (unpaired) electrons. The van der Waals surface area contributed by atoms with E-state index in [1.807, 2.05) is 0 Å². The molecule has 2 unspecified atom stereocenters. The van der Waals surface area contributed by atoms with Crippen LogP contribution in [-0.2, 0) is 4.79 Å². The summed E-state index contributed by atoms with van der Waals surface area (Å²) in [5.41, 5.74) is 0.190. The first-order chi connectivity index (χ1) is 7.95. The molecule has 0 fully saturated rings. The number of carbonyl (C=O) groups excluding carboxylic acids is 1. The highest BCUT2D eigenvalue weighted by Gasteiger charge is 2.21. The molecule has 0 aliphatic heterocycles. The highest BCUT2D eigenvalue weighted by atomic mass is 16.4. The summed E-state index contributed by atoms with van der Waals surface area (Å²) < 4.78 is 0. The number of aliphatic hydroxyl groups excluding tert-OH is 2. The van der Waals surface area contributed by atoms with Gasteiger partial charge in [0.1, 0.15) is 11.9 Å². The number of hydrogen-bond acceptors (Lipinski definition) is 5. The maximum atomic E-state index is 10.4. The molecule has 0 aliphatic rings. The van der Waals surface area contributed by atoms with Crippen molar-refractivity contribution in [3.05, 3.63) is 29.3 Å². The molecule has 6 heteroatoms. The van der Waals surface area contributed by atoms with E-state index >= 15 is 0 Å². The summed E-state index contributed by atoms with van der Waals surface area (Å²) in [5.74, 6) is -1.58. The van der Waals surface area contributed by atoms with Crippen LogP contribution in [0.15, 0.2) is 18.2 Å². The Labute approximate surface area is 96.8 Å². The zero-order chi connectivity index (χ0) is 13.0. The van der Waals surface area contributed by atoms with Crippen LogP contribution in [0.3, 0.4) is 0 Å². The molecule has 2 atom stereocenters. The minimum atomic E-state index is -1.48. The van der Waals surface area contributed by atoms with Crippen molar-refractivity contribution >= 4 is 12.3 Å². The second kappa shape index (κ2) is 5.42. The zero-order valence-corrected chi connectivity index (χ0v) is 8.78. The van der Waals surface area contributed by atoms with Gasteiger partial charge < -0.3 is 20.4 Å². The third-order valence-corrected chi connectivity index (χ3v) is 2.27. The number of aliphatic hydroxyl groups is 2. The number of benzene rings is 1. The van der Waals surface area contributed by atoms with E-state index in [1.54, 1.807) is 0 Å². The summed E-state index contributed by atoms with van der Waals surface area (Å²) in [6.45, 7) is 0. The van der Waals surface area contributed by atoms with Gasteiger partial charge in [-0.15, -0.1) is 0 Å². The summed E-state index contributed by atoms with van der Waals surface area (Å²) in [6.07, 6.45) is -3.08. The second-order valence-electron chi connectivity index (χ2n) is 3.55. The Kier molecular flexibility index (Phi) is 4.19. The Morgan fingerprint density at radius 3 is 2.47 bits per heavy atom. The molecule has 17 heavy (non-hydrogen) atoms. The van der Waals surface area contributed by atoms with Crippen LogP contribution in [0.2, 0.25) is 0 Å². The Morgan fingerprint density at radius 1 is 1.35 bits per heavy atom. The van der Waals surface area contributed by atoms with Crippen LogP contribution < -0.4 is 0 Å². The molecule has 1 aromatic rings. The predicted octanol–water partition coefficient (Wildman–Crippen LogP) is 0.0737. The number of aldehydes is 1. The molecule has 0 saturated carbocycles. The third kappa shape index (κ3) is 3.27. The minimum Gasteiger partial charge on any atom is -0.507 e. The first kappa shape index (κ1) is 13.1. The number of aliphatic carboxylic acids is 1. The lowest BCUT2D eigenvalue weighted by atomic mass is 10.0. The van der Waals surface area contributed by atoms with E-state index in [9.17, 15) is 24.9 Å². The highest BCUT2D eigenvalue weighted by Crippen LogP contribution is 2.24. The molecule has 92 valence electrons. The van der Waals surface area contributed by atoms with Crippen LogP contribution in [0, 0.1) is 0 Å². The molecule has 6 nitrogen and oxygen atoms in total. The zero-order valence-electron chi connectivity index (χ0n) is 8.78. The summed E-state index contributed by atoms with van der Waals surface area (Å²) in [5, 5.41) is 36.8. The van der Waals surface area contributed by atoms with Crippen LogP contribution in [0.4, 0.5) is 0 Å². The number of phenols is 1. The third-order valence-electron chi connectivity index (χ3n) is 2.27. The van der Waals surface area contributed by atoms with Gasteiger partial charge in [0.15, 0.2) is 6.29 Å². The van der Waals surface area contributed by atoms with Gasteiger partial charge in [-0.1, -0.05) is 6.07 Å². The fourth-order valence-corrected chi connectivity index (χ4v) is 1.36. The number of carboxylic acids is 1. The molecule has 0 amide bonds. The van der Waals surface area contributed by atoms with Crippen LogP contribution in [0.5, 0.6) is 5.75 Å².